The molecule has 43 heavy (non-hydrogen) atoms. The third kappa shape index (κ3) is 6.61. The van der Waals surface area contributed by atoms with Gasteiger partial charge in [0, 0.05) is 36.2 Å². The first-order valence-corrected chi connectivity index (χ1v) is 17.7. The van der Waals surface area contributed by atoms with Crippen molar-refractivity contribution < 1.29 is 9.22 Å². The smallest absolute Gasteiger partial charge is 0.261 e. The molecule has 0 saturated carbocycles. The standard InChI is InChI=1S/C36H40Cl2N2O2Si/c1-26(22-23-42-43(36(2,3)4,30-14-7-5-8-15-30)31-16-9-6-10-17-31)40-34(41)21-19-32(27-12-11-13-28(37)24-27)35(40)33-20-18-29(38)25-39-33/h5-18,20,24-26,32,35H,19,21-23H2,1-4H3/t26-,32+,35-/m0/s1. The van der Waals surface area contributed by atoms with Crippen molar-refractivity contribution in [1.29, 1.82) is 0 Å². The van der Waals surface area contributed by atoms with Crippen LogP contribution in [-0.2, 0) is 9.22 Å². The van der Waals surface area contributed by atoms with Gasteiger partial charge >= 0.3 is 0 Å². The number of pyridine rings is 1. The monoisotopic (exact) mass is 630 g/mol. The zero-order valence-corrected chi connectivity index (χ0v) is 27.9. The molecule has 1 fully saturated rings. The molecule has 5 rings (SSSR count). The first kappa shape index (κ1) is 31.5. The number of benzene rings is 3. The van der Waals surface area contributed by atoms with Gasteiger partial charge in [-0.15, -0.1) is 0 Å². The molecule has 1 aromatic heterocycles. The average Bonchev–Trinajstić information content (AvgIpc) is 3.00. The second-order valence-electron chi connectivity index (χ2n) is 12.5. The van der Waals surface area contributed by atoms with Crippen LogP contribution in [0.1, 0.15) is 70.2 Å². The van der Waals surface area contributed by atoms with E-state index in [0.717, 1.165) is 17.7 Å². The Hall–Kier alpha value is -2.96. The van der Waals surface area contributed by atoms with Crippen LogP contribution in [0.15, 0.2) is 103 Å². The Kier molecular flexibility index (Phi) is 9.77. The fourth-order valence-corrected chi connectivity index (χ4v) is 11.6. The molecule has 2 heterocycles. The molecule has 4 nitrogen and oxygen atoms in total. The third-order valence-electron chi connectivity index (χ3n) is 8.71. The first-order valence-electron chi connectivity index (χ1n) is 15.0. The molecule has 0 spiro atoms. The van der Waals surface area contributed by atoms with E-state index in [1.54, 1.807) is 6.20 Å². The van der Waals surface area contributed by atoms with E-state index in [1.807, 2.05) is 35.2 Å². The molecule has 0 bridgehead atoms. The summed E-state index contributed by atoms with van der Waals surface area (Å²) in [4.78, 5) is 20.5. The SMILES string of the molecule is C[C@@H](CCO[Si](c1ccccc1)(c1ccccc1)C(C)(C)C)N1C(=O)CC[C@H](c2cccc(Cl)c2)[C@H]1c1ccc(Cl)cn1. The number of rotatable bonds is 9. The maximum Gasteiger partial charge on any atom is 0.261 e. The van der Waals surface area contributed by atoms with E-state index in [4.69, 9.17) is 32.6 Å². The lowest BCUT2D eigenvalue weighted by Crippen LogP contribution is -2.66. The third-order valence-corrected chi connectivity index (χ3v) is 14.2. The zero-order chi connectivity index (χ0) is 30.6. The number of piperidine rings is 1. The molecule has 1 amide bonds. The van der Waals surface area contributed by atoms with Crippen molar-refractivity contribution in [2.45, 2.75) is 70.0 Å². The van der Waals surface area contributed by atoms with E-state index in [9.17, 15) is 4.79 Å². The highest BCUT2D eigenvalue weighted by molar-refractivity contribution is 6.99. The van der Waals surface area contributed by atoms with Gasteiger partial charge in [0.25, 0.3) is 8.32 Å². The topological polar surface area (TPSA) is 42.4 Å². The molecule has 0 N–H and O–H groups in total. The average molecular weight is 632 g/mol. The molecular formula is C36H40Cl2N2O2Si. The Morgan fingerprint density at radius 3 is 2.12 bits per heavy atom. The predicted octanol–water partition coefficient (Wildman–Crippen LogP) is 8.19. The van der Waals surface area contributed by atoms with Crippen LogP contribution in [0.3, 0.4) is 0 Å². The van der Waals surface area contributed by atoms with Gasteiger partial charge in [0.1, 0.15) is 0 Å². The number of hydrogen-bond donors (Lipinski definition) is 0. The van der Waals surface area contributed by atoms with Crippen LogP contribution in [0.25, 0.3) is 0 Å². The normalized spacial score (nSPS) is 18.5. The molecule has 224 valence electrons. The second kappa shape index (κ2) is 13.4. The van der Waals surface area contributed by atoms with Crippen LogP contribution in [0.2, 0.25) is 15.1 Å². The quantitative estimate of drug-likeness (QED) is 0.175. The summed E-state index contributed by atoms with van der Waals surface area (Å²) in [5, 5.41) is 3.64. The van der Waals surface area contributed by atoms with Gasteiger partial charge in [0.05, 0.1) is 16.8 Å². The minimum atomic E-state index is -2.69. The predicted molar refractivity (Wildman–Crippen MR) is 180 cm³/mol. The summed E-state index contributed by atoms with van der Waals surface area (Å²) >= 11 is 12.7. The molecular weight excluding hydrogens is 591 g/mol. The highest BCUT2D eigenvalue weighted by Gasteiger charge is 2.50. The minimum absolute atomic E-state index is 0.0603. The van der Waals surface area contributed by atoms with Crippen LogP contribution in [-0.4, -0.2) is 36.8 Å². The molecule has 0 radical (unpaired) electrons. The Labute approximate surface area is 267 Å². The molecule has 0 aliphatic carbocycles. The number of carbonyl (C=O) groups excluding carboxylic acids is 1. The number of aromatic nitrogens is 1. The van der Waals surface area contributed by atoms with Crippen molar-refractivity contribution in [2.24, 2.45) is 0 Å². The fourth-order valence-electron chi connectivity index (χ4n) is 6.72. The van der Waals surface area contributed by atoms with E-state index in [0.29, 0.717) is 29.5 Å². The van der Waals surface area contributed by atoms with Gasteiger partial charge < -0.3 is 9.33 Å². The lowest BCUT2D eigenvalue weighted by Gasteiger charge is -2.46. The summed E-state index contributed by atoms with van der Waals surface area (Å²) in [5.41, 5.74) is 1.95. The van der Waals surface area contributed by atoms with Crippen LogP contribution in [0.5, 0.6) is 0 Å². The maximum absolute atomic E-state index is 13.7. The fraction of sp³-hybridized carbons (Fsp3) is 0.333. The van der Waals surface area contributed by atoms with Crippen LogP contribution < -0.4 is 10.4 Å². The number of nitrogens with zero attached hydrogens (tertiary/aromatic N) is 2. The Bertz CT molecular complexity index is 1470. The van der Waals surface area contributed by atoms with Gasteiger partial charge in [0.15, 0.2) is 0 Å². The second-order valence-corrected chi connectivity index (χ2v) is 17.7. The van der Waals surface area contributed by atoms with Crippen molar-refractivity contribution in [3.8, 4) is 0 Å². The van der Waals surface area contributed by atoms with Crippen molar-refractivity contribution in [3.63, 3.8) is 0 Å². The van der Waals surface area contributed by atoms with E-state index >= 15 is 0 Å². The molecule has 3 atom stereocenters. The van der Waals surface area contributed by atoms with Gasteiger partial charge in [-0.25, -0.2) is 0 Å². The van der Waals surface area contributed by atoms with Crippen LogP contribution in [0, 0.1) is 0 Å². The number of likely N-dealkylation sites (tertiary alicyclic amines) is 1. The number of carbonyl (C=O) groups is 1. The lowest BCUT2D eigenvalue weighted by atomic mass is 9.80. The van der Waals surface area contributed by atoms with Crippen LogP contribution >= 0.6 is 23.2 Å². The first-order chi connectivity index (χ1) is 20.6. The molecule has 7 heteroatoms. The molecule has 1 aliphatic rings. The van der Waals surface area contributed by atoms with Crippen molar-refractivity contribution in [2.75, 3.05) is 6.61 Å². The summed E-state index contributed by atoms with van der Waals surface area (Å²) in [7, 11) is -2.69. The van der Waals surface area contributed by atoms with Gasteiger partial charge in [-0.05, 0) is 65.0 Å². The number of amides is 1. The van der Waals surface area contributed by atoms with Gasteiger partial charge in [-0.3, -0.25) is 9.78 Å². The van der Waals surface area contributed by atoms with Gasteiger partial charge in [0.2, 0.25) is 5.91 Å². The molecule has 1 aliphatic heterocycles. The van der Waals surface area contributed by atoms with Crippen molar-refractivity contribution >= 4 is 47.8 Å². The molecule has 3 aromatic carbocycles. The van der Waals surface area contributed by atoms with E-state index in [1.165, 1.54) is 10.4 Å². The summed E-state index contributed by atoms with van der Waals surface area (Å²) in [6.07, 6.45) is 3.57. The Balaban J connectivity index is 1.47. The summed E-state index contributed by atoms with van der Waals surface area (Å²) in [6, 6.07) is 32.8. The zero-order valence-electron chi connectivity index (χ0n) is 25.3. The Morgan fingerprint density at radius 1 is 0.907 bits per heavy atom. The van der Waals surface area contributed by atoms with E-state index in [2.05, 4.69) is 94.4 Å². The lowest BCUT2D eigenvalue weighted by molar-refractivity contribution is -0.140. The summed E-state index contributed by atoms with van der Waals surface area (Å²) in [6.45, 7) is 9.52. The highest BCUT2D eigenvalue weighted by Crippen LogP contribution is 2.44. The maximum atomic E-state index is 13.7. The van der Waals surface area contributed by atoms with E-state index in [-0.39, 0.29) is 28.9 Å². The minimum Gasteiger partial charge on any atom is -0.407 e. The van der Waals surface area contributed by atoms with Gasteiger partial charge in [-0.1, -0.05) is 117 Å². The molecule has 4 aromatic rings. The van der Waals surface area contributed by atoms with E-state index < -0.39 is 8.32 Å². The van der Waals surface area contributed by atoms with Crippen molar-refractivity contribution in [1.82, 2.24) is 9.88 Å². The number of halogens is 2. The largest absolute Gasteiger partial charge is 0.407 e. The van der Waals surface area contributed by atoms with Crippen molar-refractivity contribution in [3.05, 3.63) is 125 Å². The summed E-state index contributed by atoms with van der Waals surface area (Å²) < 4.78 is 7.20. The summed E-state index contributed by atoms with van der Waals surface area (Å²) in [5.74, 6) is 0.197. The molecule has 1 saturated heterocycles. The van der Waals surface area contributed by atoms with Gasteiger partial charge in [-0.2, -0.15) is 0 Å². The highest BCUT2D eigenvalue weighted by atomic mass is 35.5. The Morgan fingerprint density at radius 2 is 1.56 bits per heavy atom. The molecule has 0 unspecified atom stereocenters. The van der Waals surface area contributed by atoms with Crippen LogP contribution in [0.4, 0.5) is 0 Å². The number of hydrogen-bond acceptors (Lipinski definition) is 3.